The zero-order valence-corrected chi connectivity index (χ0v) is 9.02. The Kier molecular flexibility index (Phi) is 3.23. The first-order valence-corrected chi connectivity index (χ1v) is 5.62. The fraction of sp³-hybridized carbons (Fsp3) is 0.500. The van der Waals surface area contributed by atoms with Gasteiger partial charge in [-0.2, -0.15) is 0 Å². The highest BCUT2D eigenvalue weighted by Crippen LogP contribution is 2.21. The van der Waals surface area contributed by atoms with Crippen molar-refractivity contribution in [2.45, 2.75) is 18.9 Å². The molecule has 0 aromatic heterocycles. The Morgan fingerprint density at radius 2 is 1.73 bits per heavy atom. The highest BCUT2D eigenvalue weighted by molar-refractivity contribution is 5.48. The molecule has 0 radical (unpaired) electrons. The molecule has 1 fully saturated rings. The molecule has 1 saturated heterocycles. The summed E-state index contributed by atoms with van der Waals surface area (Å²) >= 11 is 0. The van der Waals surface area contributed by atoms with Crippen molar-refractivity contribution in [3.05, 3.63) is 29.8 Å². The molecule has 1 heterocycles. The molecular weight excluding hydrogens is 186 g/mol. The molecule has 0 saturated carbocycles. The minimum absolute atomic E-state index is 0.0300. The maximum atomic E-state index is 5.86. The highest BCUT2D eigenvalue weighted by Gasteiger charge is 2.12. The molecular formula is C12H19N3. The summed E-state index contributed by atoms with van der Waals surface area (Å²) in [7, 11) is 0. The minimum Gasteiger partial charge on any atom is -0.372 e. The summed E-state index contributed by atoms with van der Waals surface area (Å²) in [6.07, 6.45) is 2.62. The summed E-state index contributed by atoms with van der Waals surface area (Å²) in [5.41, 5.74) is 13.8. The Hall–Kier alpha value is -1.06. The largest absolute Gasteiger partial charge is 0.372 e. The van der Waals surface area contributed by atoms with Crippen LogP contribution in [-0.4, -0.2) is 19.6 Å². The van der Waals surface area contributed by atoms with Gasteiger partial charge in [-0.15, -0.1) is 0 Å². The topological polar surface area (TPSA) is 55.3 Å². The summed E-state index contributed by atoms with van der Waals surface area (Å²) in [5.74, 6) is 0. The van der Waals surface area contributed by atoms with E-state index in [0.29, 0.717) is 6.54 Å². The molecule has 1 aliphatic heterocycles. The third kappa shape index (κ3) is 2.30. The number of hydrogen-bond acceptors (Lipinski definition) is 3. The van der Waals surface area contributed by atoms with E-state index in [4.69, 9.17) is 11.5 Å². The van der Waals surface area contributed by atoms with Gasteiger partial charge in [0.15, 0.2) is 0 Å². The maximum Gasteiger partial charge on any atom is 0.0419 e. The van der Waals surface area contributed by atoms with Crippen LogP contribution in [0.25, 0.3) is 0 Å². The van der Waals surface area contributed by atoms with Gasteiger partial charge < -0.3 is 16.4 Å². The van der Waals surface area contributed by atoms with Crippen LogP contribution in [0.4, 0.5) is 5.69 Å². The molecule has 4 N–H and O–H groups in total. The van der Waals surface area contributed by atoms with Crippen LogP contribution in [0.15, 0.2) is 24.3 Å². The lowest BCUT2D eigenvalue weighted by Gasteiger charge is -2.18. The lowest BCUT2D eigenvalue weighted by Crippen LogP contribution is -2.21. The summed E-state index contributed by atoms with van der Waals surface area (Å²) in [4.78, 5) is 2.41. The Morgan fingerprint density at radius 1 is 1.13 bits per heavy atom. The van der Waals surface area contributed by atoms with Gasteiger partial charge in [-0.05, 0) is 30.5 Å². The van der Waals surface area contributed by atoms with Gasteiger partial charge in [0.25, 0.3) is 0 Å². The van der Waals surface area contributed by atoms with E-state index < -0.39 is 0 Å². The maximum absolute atomic E-state index is 5.86. The van der Waals surface area contributed by atoms with Crippen molar-refractivity contribution in [1.29, 1.82) is 0 Å². The second-order valence-electron chi connectivity index (χ2n) is 4.13. The van der Waals surface area contributed by atoms with Crippen molar-refractivity contribution in [1.82, 2.24) is 0 Å². The summed E-state index contributed by atoms with van der Waals surface area (Å²) in [6.45, 7) is 2.87. The fourth-order valence-electron chi connectivity index (χ4n) is 2.04. The number of benzene rings is 1. The van der Waals surface area contributed by atoms with Gasteiger partial charge in [0.05, 0.1) is 0 Å². The number of rotatable bonds is 3. The second kappa shape index (κ2) is 4.64. The average molecular weight is 205 g/mol. The summed E-state index contributed by atoms with van der Waals surface area (Å²) in [5, 5.41) is 0. The van der Waals surface area contributed by atoms with E-state index in [0.717, 1.165) is 5.56 Å². The van der Waals surface area contributed by atoms with Gasteiger partial charge in [-0.3, -0.25) is 0 Å². The van der Waals surface area contributed by atoms with Crippen LogP contribution in [0.5, 0.6) is 0 Å². The van der Waals surface area contributed by atoms with Crippen LogP contribution < -0.4 is 16.4 Å². The third-order valence-electron chi connectivity index (χ3n) is 3.05. The molecule has 3 nitrogen and oxygen atoms in total. The standard InChI is InChI=1S/C12H19N3/c13-9-12(14)10-3-5-11(6-4-10)15-7-1-2-8-15/h3-6,12H,1-2,7-9,13-14H2/t12-/m0/s1. The average Bonchev–Trinajstić information content (AvgIpc) is 2.82. The van der Waals surface area contributed by atoms with E-state index in [1.165, 1.54) is 31.6 Å². The number of nitrogens with zero attached hydrogens (tertiary/aromatic N) is 1. The lowest BCUT2D eigenvalue weighted by molar-refractivity contribution is 0.737. The van der Waals surface area contributed by atoms with Gasteiger partial charge in [0.2, 0.25) is 0 Å². The van der Waals surface area contributed by atoms with Crippen LogP contribution in [0.3, 0.4) is 0 Å². The van der Waals surface area contributed by atoms with Gasteiger partial charge in [-0.1, -0.05) is 12.1 Å². The highest BCUT2D eigenvalue weighted by atomic mass is 15.1. The Balaban J connectivity index is 2.09. The van der Waals surface area contributed by atoms with Crippen molar-refractivity contribution in [2.24, 2.45) is 11.5 Å². The third-order valence-corrected chi connectivity index (χ3v) is 3.05. The van der Waals surface area contributed by atoms with Gasteiger partial charge in [0.1, 0.15) is 0 Å². The number of anilines is 1. The van der Waals surface area contributed by atoms with Gasteiger partial charge in [-0.25, -0.2) is 0 Å². The summed E-state index contributed by atoms with van der Waals surface area (Å²) in [6, 6.07) is 8.44. The molecule has 1 aromatic rings. The van der Waals surface area contributed by atoms with Crippen LogP contribution in [-0.2, 0) is 0 Å². The number of hydrogen-bond donors (Lipinski definition) is 2. The van der Waals surface area contributed by atoms with Crippen molar-refractivity contribution in [3.8, 4) is 0 Å². The first-order valence-electron chi connectivity index (χ1n) is 5.62. The van der Waals surface area contributed by atoms with E-state index in [-0.39, 0.29) is 6.04 Å². The quantitative estimate of drug-likeness (QED) is 0.780. The van der Waals surface area contributed by atoms with Crippen LogP contribution in [0, 0.1) is 0 Å². The molecule has 2 rings (SSSR count). The van der Waals surface area contributed by atoms with E-state index in [2.05, 4.69) is 29.2 Å². The fourth-order valence-corrected chi connectivity index (χ4v) is 2.04. The van der Waals surface area contributed by atoms with Crippen LogP contribution in [0.2, 0.25) is 0 Å². The predicted octanol–water partition coefficient (Wildman–Crippen LogP) is 1.25. The summed E-state index contributed by atoms with van der Waals surface area (Å²) < 4.78 is 0. The van der Waals surface area contributed by atoms with Gasteiger partial charge in [0, 0.05) is 31.4 Å². The first-order chi connectivity index (χ1) is 7.31. The Bertz CT molecular complexity index is 301. The van der Waals surface area contributed by atoms with Crippen molar-refractivity contribution in [2.75, 3.05) is 24.5 Å². The molecule has 0 spiro atoms. The van der Waals surface area contributed by atoms with E-state index in [9.17, 15) is 0 Å². The normalized spacial score (nSPS) is 18.1. The predicted molar refractivity (Wildman–Crippen MR) is 63.9 cm³/mol. The molecule has 3 heteroatoms. The second-order valence-corrected chi connectivity index (χ2v) is 4.13. The molecule has 1 aromatic carbocycles. The monoisotopic (exact) mass is 205 g/mol. The molecule has 0 amide bonds. The van der Waals surface area contributed by atoms with E-state index in [1.54, 1.807) is 0 Å². The molecule has 1 aliphatic rings. The smallest absolute Gasteiger partial charge is 0.0419 e. The van der Waals surface area contributed by atoms with Gasteiger partial charge >= 0.3 is 0 Å². The van der Waals surface area contributed by atoms with E-state index >= 15 is 0 Å². The van der Waals surface area contributed by atoms with Crippen molar-refractivity contribution < 1.29 is 0 Å². The Morgan fingerprint density at radius 3 is 2.27 bits per heavy atom. The van der Waals surface area contributed by atoms with E-state index in [1.807, 2.05) is 0 Å². The lowest BCUT2D eigenvalue weighted by atomic mass is 10.1. The molecule has 15 heavy (non-hydrogen) atoms. The van der Waals surface area contributed by atoms with Crippen LogP contribution in [0.1, 0.15) is 24.4 Å². The molecule has 0 bridgehead atoms. The molecule has 0 unspecified atom stereocenters. The molecule has 0 aliphatic carbocycles. The zero-order chi connectivity index (χ0) is 10.7. The zero-order valence-electron chi connectivity index (χ0n) is 9.02. The molecule has 82 valence electrons. The van der Waals surface area contributed by atoms with Crippen LogP contribution >= 0.6 is 0 Å². The number of nitrogens with two attached hydrogens (primary N) is 2. The minimum atomic E-state index is -0.0300. The molecule has 1 atom stereocenters. The first kappa shape index (κ1) is 10.5. The SMILES string of the molecule is NC[C@H](N)c1ccc(N2CCCC2)cc1. The Labute approximate surface area is 91.1 Å². The van der Waals surface area contributed by atoms with Crippen molar-refractivity contribution >= 4 is 5.69 Å². The van der Waals surface area contributed by atoms with Crippen molar-refractivity contribution in [3.63, 3.8) is 0 Å².